The summed E-state index contributed by atoms with van der Waals surface area (Å²) in [6.45, 7) is 0.476. The Hall–Kier alpha value is -2.82. The number of carbonyl (C=O) groups is 1. The van der Waals surface area contributed by atoms with Gasteiger partial charge in [-0.2, -0.15) is 0 Å². The number of nitrogens with zero attached hydrogens (tertiary/aromatic N) is 1. The van der Waals surface area contributed by atoms with Crippen LogP contribution in [0.5, 0.6) is 5.88 Å². The molecule has 0 spiro atoms. The molecule has 1 aromatic carbocycles. The van der Waals surface area contributed by atoms with Crippen LogP contribution in [0.15, 0.2) is 48.8 Å². The van der Waals surface area contributed by atoms with Gasteiger partial charge in [0.2, 0.25) is 11.8 Å². The quantitative estimate of drug-likeness (QED) is 0.736. The SMILES string of the molecule is COc1ccc(CNC(=O)CCc2c[nH]c3ccccc23)cn1. The summed E-state index contributed by atoms with van der Waals surface area (Å²) in [5.74, 6) is 0.602. The van der Waals surface area contributed by atoms with Crippen LogP contribution in [0.4, 0.5) is 0 Å². The van der Waals surface area contributed by atoms with Gasteiger partial charge in [-0.25, -0.2) is 4.98 Å². The zero-order valence-corrected chi connectivity index (χ0v) is 13.0. The molecule has 0 saturated heterocycles. The summed E-state index contributed by atoms with van der Waals surface area (Å²) in [6, 6.07) is 11.8. The van der Waals surface area contributed by atoms with Crippen molar-refractivity contribution in [3.05, 3.63) is 59.9 Å². The second-order valence-electron chi connectivity index (χ2n) is 5.35. The lowest BCUT2D eigenvalue weighted by Gasteiger charge is -2.06. The highest BCUT2D eigenvalue weighted by Gasteiger charge is 2.06. The fourth-order valence-corrected chi connectivity index (χ4v) is 2.51. The monoisotopic (exact) mass is 309 g/mol. The molecular formula is C18H19N3O2. The first kappa shape index (κ1) is 15.1. The van der Waals surface area contributed by atoms with Crippen molar-refractivity contribution < 1.29 is 9.53 Å². The molecule has 0 atom stereocenters. The number of fused-ring (bicyclic) bond motifs is 1. The third kappa shape index (κ3) is 3.69. The summed E-state index contributed by atoms with van der Waals surface area (Å²) in [4.78, 5) is 19.4. The number of aromatic nitrogens is 2. The normalized spacial score (nSPS) is 10.7. The molecule has 0 fully saturated rings. The summed E-state index contributed by atoms with van der Waals surface area (Å²) in [5, 5.41) is 4.10. The average molecular weight is 309 g/mol. The topological polar surface area (TPSA) is 67.0 Å². The number of aryl methyl sites for hydroxylation is 1. The number of nitrogens with one attached hydrogen (secondary N) is 2. The van der Waals surface area contributed by atoms with Gasteiger partial charge >= 0.3 is 0 Å². The maximum atomic E-state index is 12.0. The molecule has 5 nitrogen and oxygen atoms in total. The van der Waals surface area contributed by atoms with Crippen molar-refractivity contribution >= 4 is 16.8 Å². The molecular weight excluding hydrogens is 290 g/mol. The molecule has 0 aliphatic carbocycles. The Bertz CT molecular complexity index is 793. The van der Waals surface area contributed by atoms with Crippen molar-refractivity contribution in [2.24, 2.45) is 0 Å². The zero-order chi connectivity index (χ0) is 16.1. The lowest BCUT2D eigenvalue weighted by atomic mass is 10.1. The molecule has 0 saturated carbocycles. The van der Waals surface area contributed by atoms with Gasteiger partial charge in [-0.3, -0.25) is 4.79 Å². The second kappa shape index (κ2) is 6.96. The van der Waals surface area contributed by atoms with Gasteiger partial charge in [0, 0.05) is 42.3 Å². The maximum Gasteiger partial charge on any atom is 0.220 e. The van der Waals surface area contributed by atoms with Crippen molar-refractivity contribution in [3.63, 3.8) is 0 Å². The summed E-state index contributed by atoms with van der Waals surface area (Å²) in [7, 11) is 1.58. The number of para-hydroxylation sites is 1. The van der Waals surface area contributed by atoms with E-state index in [-0.39, 0.29) is 5.91 Å². The van der Waals surface area contributed by atoms with E-state index in [0.29, 0.717) is 18.8 Å². The van der Waals surface area contributed by atoms with Crippen molar-refractivity contribution in [3.8, 4) is 5.88 Å². The van der Waals surface area contributed by atoms with E-state index in [1.165, 1.54) is 10.9 Å². The molecule has 23 heavy (non-hydrogen) atoms. The van der Waals surface area contributed by atoms with Crippen molar-refractivity contribution in [1.82, 2.24) is 15.3 Å². The molecule has 2 N–H and O–H groups in total. The number of aromatic amines is 1. The van der Waals surface area contributed by atoms with Gasteiger partial charge in [0.1, 0.15) is 0 Å². The highest BCUT2D eigenvalue weighted by atomic mass is 16.5. The Morgan fingerprint density at radius 3 is 2.91 bits per heavy atom. The van der Waals surface area contributed by atoms with Crippen molar-refractivity contribution in [1.29, 1.82) is 0 Å². The van der Waals surface area contributed by atoms with E-state index in [2.05, 4.69) is 21.4 Å². The summed E-state index contributed by atoms with van der Waals surface area (Å²) < 4.78 is 5.01. The van der Waals surface area contributed by atoms with Crippen LogP contribution < -0.4 is 10.1 Å². The van der Waals surface area contributed by atoms with Crippen LogP contribution in [0.3, 0.4) is 0 Å². The van der Waals surface area contributed by atoms with E-state index in [9.17, 15) is 4.79 Å². The van der Waals surface area contributed by atoms with Crippen molar-refractivity contribution in [2.45, 2.75) is 19.4 Å². The molecule has 2 aromatic heterocycles. The number of hydrogen-bond acceptors (Lipinski definition) is 3. The van der Waals surface area contributed by atoms with Gasteiger partial charge in [0.15, 0.2) is 0 Å². The van der Waals surface area contributed by atoms with Crippen LogP contribution in [-0.2, 0) is 17.8 Å². The van der Waals surface area contributed by atoms with Crippen LogP contribution in [0, 0.1) is 0 Å². The van der Waals surface area contributed by atoms with Gasteiger partial charge in [-0.1, -0.05) is 24.3 Å². The molecule has 0 radical (unpaired) electrons. The number of amides is 1. The third-order valence-electron chi connectivity index (χ3n) is 3.79. The predicted octanol–water partition coefficient (Wildman–Crippen LogP) is 2.82. The molecule has 0 aliphatic heterocycles. The highest BCUT2D eigenvalue weighted by molar-refractivity contribution is 5.84. The minimum Gasteiger partial charge on any atom is -0.481 e. The third-order valence-corrected chi connectivity index (χ3v) is 3.79. The Kier molecular flexibility index (Phi) is 4.57. The predicted molar refractivity (Wildman–Crippen MR) is 89.3 cm³/mol. The van der Waals surface area contributed by atoms with E-state index in [4.69, 9.17) is 4.74 Å². The maximum absolute atomic E-state index is 12.0. The van der Waals surface area contributed by atoms with E-state index in [1.54, 1.807) is 19.4 Å². The number of rotatable bonds is 6. The molecule has 0 unspecified atom stereocenters. The Morgan fingerprint density at radius 2 is 2.13 bits per heavy atom. The summed E-state index contributed by atoms with van der Waals surface area (Å²) in [6.07, 6.45) is 4.87. The van der Waals surface area contributed by atoms with Crippen LogP contribution >= 0.6 is 0 Å². The van der Waals surface area contributed by atoms with Gasteiger partial charge in [0.05, 0.1) is 7.11 Å². The Balaban J connectivity index is 1.51. The van der Waals surface area contributed by atoms with Gasteiger partial charge in [0.25, 0.3) is 0 Å². The smallest absolute Gasteiger partial charge is 0.220 e. The summed E-state index contributed by atoms with van der Waals surface area (Å²) >= 11 is 0. The molecule has 2 heterocycles. The number of ether oxygens (including phenoxy) is 1. The molecule has 0 bridgehead atoms. The average Bonchev–Trinajstić information content (AvgIpc) is 3.02. The van der Waals surface area contributed by atoms with Crippen LogP contribution in [-0.4, -0.2) is 23.0 Å². The molecule has 3 rings (SSSR count). The van der Waals surface area contributed by atoms with E-state index < -0.39 is 0 Å². The number of benzene rings is 1. The van der Waals surface area contributed by atoms with Gasteiger partial charge in [-0.15, -0.1) is 0 Å². The number of pyridine rings is 1. The fraction of sp³-hybridized carbons (Fsp3) is 0.222. The van der Waals surface area contributed by atoms with E-state index in [1.807, 2.05) is 30.5 Å². The molecule has 5 heteroatoms. The lowest BCUT2D eigenvalue weighted by Crippen LogP contribution is -2.23. The largest absolute Gasteiger partial charge is 0.481 e. The van der Waals surface area contributed by atoms with Gasteiger partial charge < -0.3 is 15.0 Å². The van der Waals surface area contributed by atoms with Crippen LogP contribution in [0.2, 0.25) is 0 Å². The second-order valence-corrected chi connectivity index (χ2v) is 5.35. The number of H-pyrrole nitrogens is 1. The van der Waals surface area contributed by atoms with Gasteiger partial charge in [-0.05, 0) is 23.6 Å². The molecule has 1 amide bonds. The standard InChI is InChI=1S/C18H19N3O2/c1-23-18-9-6-13(11-21-18)10-20-17(22)8-7-14-12-19-16-5-3-2-4-15(14)16/h2-6,9,11-12,19H,7-8,10H2,1H3,(H,20,22). The van der Waals surface area contributed by atoms with E-state index >= 15 is 0 Å². The van der Waals surface area contributed by atoms with Crippen molar-refractivity contribution in [2.75, 3.05) is 7.11 Å². The van der Waals surface area contributed by atoms with Crippen LogP contribution in [0.25, 0.3) is 10.9 Å². The Morgan fingerprint density at radius 1 is 1.26 bits per heavy atom. The first-order valence-electron chi connectivity index (χ1n) is 7.57. The molecule has 118 valence electrons. The minimum atomic E-state index is 0.0334. The number of carbonyl (C=O) groups excluding carboxylic acids is 1. The molecule has 0 aliphatic rings. The Labute approximate surface area is 134 Å². The zero-order valence-electron chi connectivity index (χ0n) is 13.0. The van der Waals surface area contributed by atoms with Crippen LogP contribution in [0.1, 0.15) is 17.5 Å². The first-order chi connectivity index (χ1) is 11.3. The summed E-state index contributed by atoms with van der Waals surface area (Å²) in [5.41, 5.74) is 3.22. The van der Waals surface area contributed by atoms with E-state index in [0.717, 1.165) is 17.5 Å². The number of hydrogen-bond donors (Lipinski definition) is 2. The molecule has 3 aromatic rings. The first-order valence-corrected chi connectivity index (χ1v) is 7.57. The minimum absolute atomic E-state index is 0.0334. The fourth-order valence-electron chi connectivity index (χ4n) is 2.51. The lowest BCUT2D eigenvalue weighted by molar-refractivity contribution is -0.121. The highest BCUT2D eigenvalue weighted by Crippen LogP contribution is 2.18. The number of methoxy groups -OCH3 is 1.